The van der Waals surface area contributed by atoms with E-state index >= 15 is 0 Å². The zero-order valence-electron chi connectivity index (χ0n) is 11.6. The predicted molar refractivity (Wildman–Crippen MR) is 77.6 cm³/mol. The number of hydrogen-bond donors (Lipinski definition) is 2. The van der Waals surface area contributed by atoms with Crippen LogP contribution in [0.2, 0.25) is 0 Å². The molecule has 5 nitrogen and oxygen atoms in total. The number of nitrogens with one attached hydrogen (secondary N) is 1. The van der Waals surface area contributed by atoms with Gasteiger partial charge in [-0.15, -0.1) is 0 Å². The first-order valence-corrected chi connectivity index (χ1v) is 8.00. The summed E-state index contributed by atoms with van der Waals surface area (Å²) in [6.45, 7) is 5.41. The van der Waals surface area contributed by atoms with Gasteiger partial charge >= 0.3 is 0 Å². The first-order chi connectivity index (χ1) is 9.05. The van der Waals surface area contributed by atoms with E-state index in [9.17, 15) is 8.42 Å². The molecule has 6 heteroatoms. The lowest BCUT2D eigenvalue weighted by Crippen LogP contribution is -2.40. The van der Waals surface area contributed by atoms with E-state index < -0.39 is 10.2 Å². The highest BCUT2D eigenvalue weighted by Gasteiger charge is 2.20. The van der Waals surface area contributed by atoms with Gasteiger partial charge in [0.2, 0.25) is 0 Å². The molecule has 0 amide bonds. The maximum absolute atomic E-state index is 12.1. The third-order valence-electron chi connectivity index (χ3n) is 2.91. The van der Waals surface area contributed by atoms with Crippen LogP contribution in [0.25, 0.3) is 0 Å². The van der Waals surface area contributed by atoms with E-state index in [2.05, 4.69) is 4.72 Å². The van der Waals surface area contributed by atoms with Crippen LogP contribution in [0.4, 0.5) is 0 Å². The second-order valence-electron chi connectivity index (χ2n) is 4.30. The molecule has 0 aliphatic carbocycles. The summed E-state index contributed by atoms with van der Waals surface area (Å²) in [5.74, 6) is 0. The number of nitrogens with zero attached hydrogens (tertiary/aromatic N) is 1. The second kappa shape index (κ2) is 7.59. The highest BCUT2D eigenvalue weighted by atomic mass is 32.2. The van der Waals surface area contributed by atoms with Crippen molar-refractivity contribution in [2.45, 2.75) is 33.4 Å². The Hall–Kier alpha value is -0.950. The number of hydrogen-bond acceptors (Lipinski definition) is 3. The highest BCUT2D eigenvalue weighted by Crippen LogP contribution is 2.13. The molecule has 0 radical (unpaired) electrons. The summed E-state index contributed by atoms with van der Waals surface area (Å²) in [6.07, 6.45) is 0.774. The molecule has 0 atom stereocenters. The largest absolute Gasteiger partial charge is 0.326 e. The number of nitrogens with two attached hydrogens (primary N) is 1. The van der Waals surface area contributed by atoms with Gasteiger partial charge in [0.1, 0.15) is 0 Å². The van der Waals surface area contributed by atoms with Crippen LogP contribution in [0.3, 0.4) is 0 Å². The molecule has 0 bridgehead atoms. The van der Waals surface area contributed by atoms with E-state index in [4.69, 9.17) is 5.73 Å². The molecule has 0 aromatic heterocycles. The minimum Gasteiger partial charge on any atom is -0.326 e. The summed E-state index contributed by atoms with van der Waals surface area (Å²) in [4.78, 5) is 0. The Morgan fingerprint density at radius 3 is 2.37 bits per heavy atom. The standard InChI is InChI=1S/C13H23N3O2S/c1-3-9-15-19(17,18)16(4-2)11-13-8-6-5-7-12(13)10-14/h5-8,15H,3-4,9-11,14H2,1-2H3. The summed E-state index contributed by atoms with van der Waals surface area (Å²) in [5.41, 5.74) is 7.60. The fourth-order valence-electron chi connectivity index (χ4n) is 1.79. The first-order valence-electron chi connectivity index (χ1n) is 6.56. The van der Waals surface area contributed by atoms with Gasteiger partial charge in [0.15, 0.2) is 0 Å². The van der Waals surface area contributed by atoms with Crippen molar-refractivity contribution in [3.05, 3.63) is 35.4 Å². The van der Waals surface area contributed by atoms with Gasteiger partial charge in [-0.1, -0.05) is 38.1 Å². The van der Waals surface area contributed by atoms with E-state index in [0.717, 1.165) is 17.5 Å². The molecule has 0 saturated carbocycles. The van der Waals surface area contributed by atoms with Crippen LogP contribution >= 0.6 is 0 Å². The monoisotopic (exact) mass is 285 g/mol. The van der Waals surface area contributed by atoms with Crippen molar-refractivity contribution >= 4 is 10.2 Å². The first kappa shape index (κ1) is 16.1. The van der Waals surface area contributed by atoms with Crippen LogP contribution in [-0.2, 0) is 23.3 Å². The van der Waals surface area contributed by atoms with Crippen LogP contribution in [0.15, 0.2) is 24.3 Å². The molecule has 0 heterocycles. The Morgan fingerprint density at radius 1 is 1.21 bits per heavy atom. The van der Waals surface area contributed by atoms with Crippen molar-refractivity contribution in [3.8, 4) is 0 Å². The molecule has 0 spiro atoms. The molecule has 0 aliphatic rings. The van der Waals surface area contributed by atoms with Crippen LogP contribution in [-0.4, -0.2) is 25.8 Å². The molecule has 108 valence electrons. The number of rotatable bonds is 8. The smallest absolute Gasteiger partial charge is 0.279 e. The fourth-order valence-corrected chi connectivity index (χ4v) is 3.08. The third kappa shape index (κ3) is 4.58. The molecule has 1 aromatic rings. The lowest BCUT2D eigenvalue weighted by molar-refractivity contribution is 0.413. The van der Waals surface area contributed by atoms with Crippen LogP contribution in [0.1, 0.15) is 31.4 Å². The van der Waals surface area contributed by atoms with Crippen LogP contribution in [0, 0.1) is 0 Å². The van der Waals surface area contributed by atoms with Crippen molar-refractivity contribution in [1.82, 2.24) is 9.03 Å². The Labute approximate surface area is 116 Å². The average molecular weight is 285 g/mol. The molecule has 0 fully saturated rings. The van der Waals surface area contributed by atoms with Gasteiger partial charge in [0, 0.05) is 26.2 Å². The van der Waals surface area contributed by atoms with Gasteiger partial charge in [0.25, 0.3) is 10.2 Å². The minimum atomic E-state index is -3.42. The van der Waals surface area contributed by atoms with Crippen LogP contribution in [0.5, 0.6) is 0 Å². The van der Waals surface area contributed by atoms with Crippen LogP contribution < -0.4 is 10.5 Å². The quantitative estimate of drug-likeness (QED) is 0.754. The third-order valence-corrected chi connectivity index (χ3v) is 4.55. The van der Waals surface area contributed by atoms with E-state index in [1.54, 1.807) is 0 Å². The zero-order valence-corrected chi connectivity index (χ0v) is 12.4. The van der Waals surface area contributed by atoms with Gasteiger partial charge < -0.3 is 5.73 Å². The fraction of sp³-hybridized carbons (Fsp3) is 0.538. The van der Waals surface area contributed by atoms with Crippen molar-refractivity contribution < 1.29 is 8.42 Å². The van der Waals surface area contributed by atoms with Gasteiger partial charge in [-0.25, -0.2) is 4.72 Å². The predicted octanol–water partition coefficient (Wildman–Crippen LogP) is 1.21. The van der Waals surface area contributed by atoms with Crippen molar-refractivity contribution in [2.24, 2.45) is 5.73 Å². The lowest BCUT2D eigenvalue weighted by atomic mass is 10.1. The highest BCUT2D eigenvalue weighted by molar-refractivity contribution is 7.87. The summed E-state index contributed by atoms with van der Waals surface area (Å²) in [7, 11) is -3.42. The Balaban J connectivity index is 2.87. The summed E-state index contributed by atoms with van der Waals surface area (Å²) >= 11 is 0. The summed E-state index contributed by atoms with van der Waals surface area (Å²) < 4.78 is 28.2. The average Bonchev–Trinajstić information content (AvgIpc) is 2.42. The Morgan fingerprint density at radius 2 is 1.84 bits per heavy atom. The zero-order chi connectivity index (χ0) is 14.3. The lowest BCUT2D eigenvalue weighted by Gasteiger charge is -2.22. The van der Waals surface area contributed by atoms with Crippen molar-refractivity contribution in [3.63, 3.8) is 0 Å². The van der Waals surface area contributed by atoms with E-state index in [-0.39, 0.29) is 0 Å². The molecular weight excluding hydrogens is 262 g/mol. The molecule has 0 aliphatic heterocycles. The molecular formula is C13H23N3O2S. The molecule has 19 heavy (non-hydrogen) atoms. The normalized spacial score (nSPS) is 12.0. The van der Waals surface area contributed by atoms with Gasteiger partial charge in [-0.05, 0) is 17.5 Å². The maximum Gasteiger partial charge on any atom is 0.279 e. The van der Waals surface area contributed by atoms with Gasteiger partial charge in [0.05, 0.1) is 0 Å². The molecule has 3 N–H and O–H groups in total. The SMILES string of the molecule is CCCNS(=O)(=O)N(CC)Cc1ccccc1CN. The van der Waals surface area contributed by atoms with Gasteiger partial charge in [-0.2, -0.15) is 12.7 Å². The topological polar surface area (TPSA) is 75.4 Å². The molecule has 0 unspecified atom stereocenters. The van der Waals surface area contributed by atoms with E-state index in [1.165, 1.54) is 4.31 Å². The summed E-state index contributed by atoms with van der Waals surface area (Å²) in [5, 5.41) is 0. The Kier molecular flexibility index (Phi) is 6.44. The molecule has 0 saturated heterocycles. The molecule has 1 rings (SSSR count). The van der Waals surface area contributed by atoms with Gasteiger partial charge in [-0.3, -0.25) is 0 Å². The van der Waals surface area contributed by atoms with Crippen molar-refractivity contribution in [1.29, 1.82) is 0 Å². The molecule has 1 aromatic carbocycles. The Bertz CT molecular complexity index is 488. The second-order valence-corrected chi connectivity index (χ2v) is 6.05. The van der Waals surface area contributed by atoms with Crippen molar-refractivity contribution in [2.75, 3.05) is 13.1 Å². The summed E-state index contributed by atoms with van der Waals surface area (Å²) in [6, 6.07) is 7.65. The minimum absolute atomic E-state index is 0.350. The van der Waals surface area contributed by atoms with E-state index in [1.807, 2.05) is 38.1 Å². The maximum atomic E-state index is 12.1. The van der Waals surface area contributed by atoms with E-state index in [0.29, 0.717) is 26.2 Å². The number of benzene rings is 1.